The van der Waals surface area contributed by atoms with Gasteiger partial charge >= 0.3 is 0 Å². The van der Waals surface area contributed by atoms with Gasteiger partial charge in [-0.15, -0.1) is 6.58 Å². The van der Waals surface area contributed by atoms with Crippen molar-refractivity contribution < 1.29 is 33.2 Å². The zero-order valence-electron chi connectivity index (χ0n) is 21.8. The van der Waals surface area contributed by atoms with Crippen molar-refractivity contribution in [3.8, 4) is 11.5 Å². The molecule has 0 unspecified atom stereocenters. The molecule has 0 aromatic heterocycles. The van der Waals surface area contributed by atoms with E-state index in [2.05, 4.69) is 11.9 Å². The molecule has 12 heteroatoms. The van der Waals surface area contributed by atoms with Gasteiger partial charge in [0, 0.05) is 23.4 Å². The first-order valence-electron chi connectivity index (χ1n) is 12.2. The molecule has 0 radical (unpaired) electrons. The fourth-order valence-electron chi connectivity index (χ4n) is 4.00. The van der Waals surface area contributed by atoms with Crippen molar-refractivity contribution in [2.45, 2.75) is 13.0 Å². The number of hydrogen-bond acceptors (Lipinski definition) is 8. The number of carbonyl (C=O) groups excluding carboxylic acids is 3. The quantitative estimate of drug-likeness (QED) is 0.133. The summed E-state index contributed by atoms with van der Waals surface area (Å²) in [6.07, 6.45) is 3.54. The maximum absolute atomic E-state index is 13.4. The van der Waals surface area contributed by atoms with E-state index in [-0.39, 0.29) is 22.9 Å². The Morgan fingerprint density at radius 2 is 1.95 bits per heavy atom. The highest BCUT2D eigenvalue weighted by Crippen LogP contribution is 2.37. The van der Waals surface area contributed by atoms with Gasteiger partial charge in [0.25, 0.3) is 16.8 Å². The fraction of sp³-hybridized carbons (Fsp3) is 0.138. The summed E-state index contributed by atoms with van der Waals surface area (Å²) < 4.78 is 24.9. The molecule has 10 nitrogen and oxygen atoms in total. The van der Waals surface area contributed by atoms with Crippen molar-refractivity contribution >= 4 is 46.3 Å². The number of hydrogen-bond donors (Lipinski definition) is 1. The van der Waals surface area contributed by atoms with E-state index in [1.807, 2.05) is 0 Å². The molecule has 1 aliphatic heterocycles. The highest BCUT2D eigenvalue weighted by atomic mass is 32.2. The number of anilines is 1. The van der Waals surface area contributed by atoms with Gasteiger partial charge < -0.3 is 14.8 Å². The van der Waals surface area contributed by atoms with Gasteiger partial charge in [0.15, 0.2) is 11.5 Å². The van der Waals surface area contributed by atoms with E-state index in [1.54, 1.807) is 30.3 Å². The molecule has 0 aliphatic carbocycles. The Bertz CT molecular complexity index is 1570. The number of carbonyl (C=O) groups is 3. The molecule has 0 saturated carbocycles. The van der Waals surface area contributed by atoms with Crippen LogP contribution in [0.5, 0.6) is 11.5 Å². The number of thioether (sulfide) groups is 1. The SMILES string of the molecule is C=CCc1cc(/C=C2/SC(=O)N(CC(=O)Nc3cccc(F)c3)C2=O)cc(OC)c1OCc1cccc([N+](=O)[O-])c1. The molecule has 3 aromatic rings. The van der Waals surface area contributed by atoms with Crippen LogP contribution >= 0.6 is 11.8 Å². The number of rotatable bonds is 11. The second-order valence-electron chi connectivity index (χ2n) is 8.75. The first kappa shape index (κ1) is 29.0. The van der Waals surface area contributed by atoms with Crippen LogP contribution in [0.2, 0.25) is 0 Å². The van der Waals surface area contributed by atoms with Crippen LogP contribution in [0.15, 0.2) is 78.2 Å². The molecule has 210 valence electrons. The lowest BCUT2D eigenvalue weighted by molar-refractivity contribution is -0.384. The van der Waals surface area contributed by atoms with Crippen LogP contribution in [0.25, 0.3) is 6.08 Å². The summed E-state index contributed by atoms with van der Waals surface area (Å²) in [5.41, 5.74) is 1.94. The molecule has 1 heterocycles. The normalized spacial score (nSPS) is 13.8. The van der Waals surface area contributed by atoms with Crippen molar-refractivity contribution in [1.82, 2.24) is 4.90 Å². The summed E-state index contributed by atoms with van der Waals surface area (Å²) in [7, 11) is 1.45. The molecule has 0 spiro atoms. The zero-order chi connectivity index (χ0) is 29.5. The number of nitrogens with zero attached hydrogens (tertiary/aromatic N) is 2. The number of allylic oxidation sites excluding steroid dienone is 1. The largest absolute Gasteiger partial charge is 0.493 e. The minimum Gasteiger partial charge on any atom is -0.493 e. The maximum atomic E-state index is 13.4. The highest BCUT2D eigenvalue weighted by Gasteiger charge is 2.36. The minimum absolute atomic E-state index is 0.0398. The lowest BCUT2D eigenvalue weighted by atomic mass is 10.0. The molecule has 0 bridgehead atoms. The van der Waals surface area contributed by atoms with Gasteiger partial charge in [0.2, 0.25) is 5.91 Å². The fourth-order valence-corrected chi connectivity index (χ4v) is 4.84. The Labute approximate surface area is 238 Å². The van der Waals surface area contributed by atoms with E-state index >= 15 is 0 Å². The third-order valence-corrected chi connectivity index (χ3v) is 6.73. The van der Waals surface area contributed by atoms with E-state index in [4.69, 9.17) is 9.47 Å². The second kappa shape index (κ2) is 12.9. The molecule has 4 rings (SSSR count). The average molecular weight is 578 g/mol. The highest BCUT2D eigenvalue weighted by molar-refractivity contribution is 8.18. The predicted molar refractivity (Wildman–Crippen MR) is 152 cm³/mol. The van der Waals surface area contributed by atoms with E-state index in [0.717, 1.165) is 11.0 Å². The number of methoxy groups -OCH3 is 1. The summed E-state index contributed by atoms with van der Waals surface area (Å²) in [6, 6.07) is 14.7. The number of amides is 3. The molecule has 1 aliphatic rings. The molecule has 3 amide bonds. The Morgan fingerprint density at radius 3 is 2.66 bits per heavy atom. The molecule has 3 aromatic carbocycles. The Hall–Kier alpha value is -4.97. The molecule has 0 atom stereocenters. The monoisotopic (exact) mass is 577 g/mol. The van der Waals surface area contributed by atoms with Crippen LogP contribution in [0.1, 0.15) is 16.7 Å². The lowest BCUT2D eigenvalue weighted by Gasteiger charge is -2.16. The summed E-state index contributed by atoms with van der Waals surface area (Å²) >= 11 is 0.687. The number of imide groups is 1. The Balaban J connectivity index is 1.53. The van der Waals surface area contributed by atoms with Crippen LogP contribution in [0, 0.1) is 15.9 Å². The summed E-state index contributed by atoms with van der Waals surface area (Å²) in [5.74, 6) is -1.10. The second-order valence-corrected chi connectivity index (χ2v) is 9.74. The zero-order valence-corrected chi connectivity index (χ0v) is 22.6. The van der Waals surface area contributed by atoms with E-state index < -0.39 is 34.3 Å². The van der Waals surface area contributed by atoms with Crippen molar-refractivity contribution in [2.75, 3.05) is 19.0 Å². The predicted octanol–water partition coefficient (Wildman–Crippen LogP) is 5.73. The Morgan fingerprint density at radius 1 is 1.17 bits per heavy atom. The summed E-state index contributed by atoms with van der Waals surface area (Å²) in [6.45, 7) is 3.28. The number of halogens is 1. The molecular formula is C29H24FN3O7S. The number of nitro benzene ring substituents is 1. The van der Waals surface area contributed by atoms with Gasteiger partial charge in [-0.25, -0.2) is 4.39 Å². The lowest BCUT2D eigenvalue weighted by Crippen LogP contribution is -2.36. The number of non-ortho nitro benzene ring substituents is 1. The molecule has 1 fully saturated rings. The molecule has 1 N–H and O–H groups in total. The van der Waals surface area contributed by atoms with Crippen molar-refractivity contribution in [2.24, 2.45) is 0 Å². The summed E-state index contributed by atoms with van der Waals surface area (Å²) in [5, 5.41) is 12.9. The minimum atomic E-state index is -0.653. The maximum Gasteiger partial charge on any atom is 0.294 e. The van der Waals surface area contributed by atoms with Gasteiger partial charge in [-0.3, -0.25) is 29.4 Å². The van der Waals surface area contributed by atoms with Gasteiger partial charge in [-0.2, -0.15) is 0 Å². The molecule has 41 heavy (non-hydrogen) atoms. The number of nitrogens with one attached hydrogen (secondary N) is 1. The van der Waals surface area contributed by atoms with Gasteiger partial charge in [0.05, 0.1) is 16.9 Å². The van der Waals surface area contributed by atoms with Gasteiger partial charge in [-0.1, -0.05) is 24.3 Å². The van der Waals surface area contributed by atoms with E-state index in [1.165, 1.54) is 43.5 Å². The molecular weight excluding hydrogens is 553 g/mol. The number of ether oxygens (including phenoxy) is 2. The van der Waals surface area contributed by atoms with Gasteiger partial charge in [-0.05, 0) is 65.7 Å². The third-order valence-electron chi connectivity index (χ3n) is 5.82. The molecule has 1 saturated heterocycles. The number of benzene rings is 3. The first-order chi connectivity index (χ1) is 19.7. The van der Waals surface area contributed by atoms with Crippen LogP contribution in [0.4, 0.5) is 20.6 Å². The van der Waals surface area contributed by atoms with Crippen LogP contribution < -0.4 is 14.8 Å². The third kappa shape index (κ3) is 7.17. The van der Waals surface area contributed by atoms with Crippen molar-refractivity contribution in [1.29, 1.82) is 0 Å². The standard InChI is InChI=1S/C29H24FN3O7S/c1-3-6-20-11-19(13-24(39-2)27(20)40-17-18-7-4-10-23(12-18)33(37)38)14-25-28(35)32(29(36)41-25)16-26(34)31-22-9-5-8-21(30)15-22/h3-5,7-15H,1,6,16-17H2,2H3,(H,31,34)/b25-14+. The first-order valence-corrected chi connectivity index (χ1v) is 13.0. The summed E-state index contributed by atoms with van der Waals surface area (Å²) in [4.78, 5) is 49.5. The number of nitro groups is 1. The topological polar surface area (TPSA) is 128 Å². The van der Waals surface area contributed by atoms with Gasteiger partial charge in [0.1, 0.15) is 19.0 Å². The van der Waals surface area contributed by atoms with Crippen LogP contribution in [-0.2, 0) is 22.6 Å². The average Bonchev–Trinajstić information content (AvgIpc) is 3.19. The van der Waals surface area contributed by atoms with Crippen molar-refractivity contribution in [3.63, 3.8) is 0 Å². The Kier molecular flexibility index (Phi) is 9.15. The van der Waals surface area contributed by atoms with Crippen LogP contribution in [0.3, 0.4) is 0 Å². The smallest absolute Gasteiger partial charge is 0.294 e. The van der Waals surface area contributed by atoms with Crippen LogP contribution in [-0.4, -0.2) is 40.5 Å². The van der Waals surface area contributed by atoms with E-state index in [0.29, 0.717) is 46.4 Å². The van der Waals surface area contributed by atoms with Crippen molar-refractivity contribution in [3.05, 3.63) is 111 Å². The van der Waals surface area contributed by atoms with E-state index in [9.17, 15) is 28.9 Å².